The van der Waals surface area contributed by atoms with E-state index < -0.39 is 0 Å². The molecule has 2 N–H and O–H groups in total. The minimum absolute atomic E-state index is 0.0173. The number of hydrogen-bond acceptors (Lipinski definition) is 3. The summed E-state index contributed by atoms with van der Waals surface area (Å²) >= 11 is 0. The van der Waals surface area contributed by atoms with E-state index in [0.717, 1.165) is 31.1 Å². The van der Waals surface area contributed by atoms with Gasteiger partial charge < -0.3 is 19.9 Å². The number of rotatable bonds is 9. The van der Waals surface area contributed by atoms with Crippen LogP contribution < -0.4 is 16.2 Å². The van der Waals surface area contributed by atoms with Crippen LogP contribution in [0.25, 0.3) is 0 Å². The Balaban J connectivity index is 1.50. The summed E-state index contributed by atoms with van der Waals surface area (Å²) in [6.07, 6.45) is 8.03. The van der Waals surface area contributed by atoms with Crippen LogP contribution >= 0.6 is 0 Å². The van der Waals surface area contributed by atoms with Gasteiger partial charge >= 0.3 is 0 Å². The maximum Gasteiger partial charge on any atom is 0.250 e. The number of hydrogen-bond donors (Lipinski definition) is 2. The zero-order valence-electron chi connectivity index (χ0n) is 18.2. The monoisotopic (exact) mass is 410 g/mol. The maximum absolute atomic E-state index is 11.9. The summed E-state index contributed by atoms with van der Waals surface area (Å²) < 4.78 is 7.04. The standard InChI is InChI=1S/C24H34N4O2/c1-25-23(27-19-24(14-16-30-2)12-4-5-13-24)26-17-20-8-10-21(11-9-20)18-28-15-6-3-7-22(28)29/h3,6-11,15H,4-5,12-14,16-19H2,1-2H3,(H2,25,26,27). The Morgan fingerprint density at radius 1 is 1.10 bits per heavy atom. The number of nitrogens with zero attached hydrogens (tertiary/aromatic N) is 2. The number of guanidine groups is 1. The average Bonchev–Trinajstić information content (AvgIpc) is 3.24. The molecule has 0 aliphatic heterocycles. The number of nitrogens with one attached hydrogen (secondary N) is 2. The summed E-state index contributed by atoms with van der Waals surface area (Å²) in [7, 11) is 3.59. The Morgan fingerprint density at radius 2 is 1.83 bits per heavy atom. The molecule has 0 unspecified atom stereocenters. The fourth-order valence-corrected chi connectivity index (χ4v) is 4.19. The number of aromatic nitrogens is 1. The summed E-state index contributed by atoms with van der Waals surface area (Å²) in [5.74, 6) is 0.832. The molecule has 1 aromatic heterocycles. The highest BCUT2D eigenvalue weighted by Gasteiger charge is 2.33. The van der Waals surface area contributed by atoms with E-state index >= 15 is 0 Å². The molecule has 6 heteroatoms. The van der Waals surface area contributed by atoms with Gasteiger partial charge in [-0.15, -0.1) is 0 Å². The molecule has 2 aromatic rings. The molecular formula is C24H34N4O2. The van der Waals surface area contributed by atoms with Crippen LogP contribution in [0.3, 0.4) is 0 Å². The van der Waals surface area contributed by atoms with E-state index in [4.69, 9.17) is 4.74 Å². The van der Waals surface area contributed by atoms with Gasteiger partial charge in [0, 0.05) is 46.1 Å². The van der Waals surface area contributed by atoms with E-state index in [1.54, 1.807) is 23.8 Å². The first-order valence-electron chi connectivity index (χ1n) is 10.8. The van der Waals surface area contributed by atoms with Crippen LogP contribution in [0, 0.1) is 5.41 Å². The van der Waals surface area contributed by atoms with Gasteiger partial charge in [-0.25, -0.2) is 0 Å². The highest BCUT2D eigenvalue weighted by Crippen LogP contribution is 2.40. The van der Waals surface area contributed by atoms with Crippen molar-refractivity contribution in [1.29, 1.82) is 0 Å². The van der Waals surface area contributed by atoms with Gasteiger partial charge in [-0.3, -0.25) is 9.79 Å². The predicted octanol–water partition coefficient (Wildman–Crippen LogP) is 3.16. The summed E-state index contributed by atoms with van der Waals surface area (Å²) in [6.45, 7) is 3.03. The van der Waals surface area contributed by atoms with Gasteiger partial charge in [-0.2, -0.15) is 0 Å². The first-order chi connectivity index (χ1) is 14.6. The number of aliphatic imine (C=N–C) groups is 1. The van der Waals surface area contributed by atoms with Crippen LogP contribution in [0.4, 0.5) is 0 Å². The van der Waals surface area contributed by atoms with Crippen LogP contribution in [0.1, 0.15) is 43.2 Å². The second-order valence-electron chi connectivity index (χ2n) is 8.21. The molecule has 0 bridgehead atoms. The van der Waals surface area contributed by atoms with Crippen molar-refractivity contribution in [3.63, 3.8) is 0 Å². The predicted molar refractivity (Wildman–Crippen MR) is 122 cm³/mol. The van der Waals surface area contributed by atoms with Crippen molar-refractivity contribution in [3.8, 4) is 0 Å². The molecule has 1 aromatic carbocycles. The van der Waals surface area contributed by atoms with Gasteiger partial charge in [0.1, 0.15) is 0 Å². The number of methoxy groups -OCH3 is 1. The third-order valence-corrected chi connectivity index (χ3v) is 6.09. The third-order valence-electron chi connectivity index (χ3n) is 6.09. The fourth-order valence-electron chi connectivity index (χ4n) is 4.19. The van der Waals surface area contributed by atoms with Crippen LogP contribution in [0.2, 0.25) is 0 Å². The van der Waals surface area contributed by atoms with Crippen molar-refractivity contribution in [2.24, 2.45) is 10.4 Å². The minimum atomic E-state index is 0.0173. The summed E-state index contributed by atoms with van der Waals surface area (Å²) in [5.41, 5.74) is 2.63. The van der Waals surface area contributed by atoms with Gasteiger partial charge in [-0.1, -0.05) is 43.2 Å². The second kappa shape index (κ2) is 11.0. The number of ether oxygens (including phenoxy) is 1. The molecule has 0 atom stereocenters. The van der Waals surface area contributed by atoms with Crippen LogP contribution in [0.15, 0.2) is 58.4 Å². The highest BCUT2D eigenvalue weighted by atomic mass is 16.5. The van der Waals surface area contributed by atoms with Crippen molar-refractivity contribution in [2.75, 3.05) is 27.3 Å². The van der Waals surface area contributed by atoms with Gasteiger partial charge in [0.25, 0.3) is 5.56 Å². The van der Waals surface area contributed by atoms with E-state index in [1.165, 1.54) is 31.2 Å². The molecule has 0 spiro atoms. The van der Waals surface area contributed by atoms with Crippen LogP contribution in [-0.2, 0) is 17.8 Å². The summed E-state index contributed by atoms with van der Waals surface area (Å²) in [5, 5.41) is 6.94. The molecule has 1 fully saturated rings. The molecule has 30 heavy (non-hydrogen) atoms. The van der Waals surface area contributed by atoms with E-state index in [0.29, 0.717) is 18.5 Å². The van der Waals surface area contributed by atoms with Gasteiger partial charge in [0.15, 0.2) is 5.96 Å². The molecule has 1 heterocycles. The molecule has 0 amide bonds. The topological polar surface area (TPSA) is 67.7 Å². The molecule has 1 saturated carbocycles. The first kappa shape index (κ1) is 22.1. The molecule has 1 aliphatic rings. The zero-order valence-corrected chi connectivity index (χ0v) is 18.2. The third kappa shape index (κ3) is 6.20. The Kier molecular flexibility index (Phi) is 8.08. The van der Waals surface area contributed by atoms with Crippen molar-refractivity contribution < 1.29 is 4.74 Å². The SMILES string of the molecule is CN=C(NCc1ccc(Cn2ccccc2=O)cc1)NCC1(CCOC)CCCC1. The molecule has 6 nitrogen and oxygen atoms in total. The van der Waals surface area contributed by atoms with Gasteiger partial charge in [-0.05, 0) is 41.9 Å². The van der Waals surface area contributed by atoms with E-state index in [1.807, 2.05) is 19.3 Å². The zero-order chi connectivity index (χ0) is 21.2. The summed E-state index contributed by atoms with van der Waals surface area (Å²) in [6, 6.07) is 13.6. The Morgan fingerprint density at radius 3 is 2.50 bits per heavy atom. The minimum Gasteiger partial charge on any atom is -0.385 e. The van der Waals surface area contributed by atoms with E-state index in [2.05, 4.69) is 39.9 Å². The lowest BCUT2D eigenvalue weighted by Gasteiger charge is -2.30. The average molecular weight is 411 g/mol. The second-order valence-corrected chi connectivity index (χ2v) is 8.21. The van der Waals surface area contributed by atoms with Gasteiger partial charge in [0.2, 0.25) is 0 Å². The molecule has 0 saturated heterocycles. The lowest BCUT2D eigenvalue weighted by Crippen LogP contribution is -2.43. The Hall–Kier alpha value is -2.60. The lowest BCUT2D eigenvalue weighted by molar-refractivity contribution is 0.138. The normalized spacial score (nSPS) is 15.9. The molecule has 1 aliphatic carbocycles. The molecule has 3 rings (SSSR count). The van der Waals surface area contributed by atoms with Crippen LogP contribution in [-0.4, -0.2) is 37.8 Å². The first-order valence-corrected chi connectivity index (χ1v) is 10.8. The van der Waals surface area contributed by atoms with Crippen molar-refractivity contribution in [2.45, 2.75) is 45.2 Å². The van der Waals surface area contributed by atoms with E-state index in [9.17, 15) is 4.79 Å². The fraction of sp³-hybridized carbons (Fsp3) is 0.500. The van der Waals surface area contributed by atoms with E-state index in [-0.39, 0.29) is 5.56 Å². The largest absolute Gasteiger partial charge is 0.385 e. The van der Waals surface area contributed by atoms with Gasteiger partial charge in [0.05, 0.1) is 6.54 Å². The maximum atomic E-state index is 11.9. The molecule has 0 radical (unpaired) electrons. The summed E-state index contributed by atoms with van der Waals surface area (Å²) in [4.78, 5) is 16.2. The Labute approximate surface area is 179 Å². The lowest BCUT2D eigenvalue weighted by atomic mass is 9.83. The quantitative estimate of drug-likeness (QED) is 0.492. The smallest absolute Gasteiger partial charge is 0.250 e. The van der Waals surface area contributed by atoms with Crippen molar-refractivity contribution in [3.05, 3.63) is 70.1 Å². The molecular weight excluding hydrogens is 376 g/mol. The molecule has 162 valence electrons. The number of benzene rings is 1. The highest BCUT2D eigenvalue weighted by molar-refractivity contribution is 5.79. The van der Waals surface area contributed by atoms with Crippen molar-refractivity contribution >= 4 is 5.96 Å². The van der Waals surface area contributed by atoms with Crippen molar-refractivity contribution in [1.82, 2.24) is 15.2 Å². The Bertz CT molecular complexity index is 867. The van der Waals surface area contributed by atoms with Crippen LogP contribution in [0.5, 0.6) is 0 Å². The number of pyridine rings is 1.